The van der Waals surface area contributed by atoms with E-state index >= 15 is 0 Å². The lowest BCUT2D eigenvalue weighted by Gasteiger charge is -2.36. The summed E-state index contributed by atoms with van der Waals surface area (Å²) in [6, 6.07) is 3.45. The van der Waals surface area contributed by atoms with E-state index in [0.29, 0.717) is 6.54 Å². The van der Waals surface area contributed by atoms with E-state index in [2.05, 4.69) is 30.5 Å². The van der Waals surface area contributed by atoms with Gasteiger partial charge in [0.05, 0.1) is 6.04 Å². The Balaban J connectivity index is 1.74. The summed E-state index contributed by atoms with van der Waals surface area (Å²) >= 11 is 0. The summed E-state index contributed by atoms with van der Waals surface area (Å²) in [6.07, 6.45) is 4.43. The molecule has 0 aliphatic carbocycles. The van der Waals surface area contributed by atoms with Crippen molar-refractivity contribution < 1.29 is 4.79 Å². The lowest BCUT2D eigenvalue weighted by molar-refractivity contribution is 0.0939. The summed E-state index contributed by atoms with van der Waals surface area (Å²) in [5, 5.41) is 13.6. The van der Waals surface area contributed by atoms with Gasteiger partial charge in [0, 0.05) is 25.2 Å². The number of carbonyl (C=O) groups excluding carboxylic acids is 1. The summed E-state index contributed by atoms with van der Waals surface area (Å²) in [5.74, 6) is 0.698. The topological polar surface area (TPSA) is 109 Å². The summed E-state index contributed by atoms with van der Waals surface area (Å²) in [4.78, 5) is 30.0. The predicted molar refractivity (Wildman–Crippen MR) is 92.6 cm³/mol. The number of aromatic amines is 1. The number of hydrogen-bond acceptors (Lipinski definition) is 6. The van der Waals surface area contributed by atoms with Gasteiger partial charge in [-0.1, -0.05) is 0 Å². The molecular weight excluding hydrogens is 322 g/mol. The zero-order valence-electron chi connectivity index (χ0n) is 14.5. The number of amides is 1. The average Bonchev–Trinajstić information content (AvgIpc) is 3.15. The SMILES string of the molecule is CC(C)n1nc(N2CCCCC2CNC(=O)c2ncn[nH]2)ccc1=O. The highest BCUT2D eigenvalue weighted by molar-refractivity contribution is 5.90. The van der Waals surface area contributed by atoms with Crippen LogP contribution in [0.1, 0.15) is 49.8 Å². The molecule has 0 radical (unpaired) electrons. The van der Waals surface area contributed by atoms with Crippen molar-refractivity contribution in [3.05, 3.63) is 34.6 Å². The van der Waals surface area contributed by atoms with Gasteiger partial charge >= 0.3 is 0 Å². The van der Waals surface area contributed by atoms with Crippen molar-refractivity contribution in [1.29, 1.82) is 0 Å². The number of piperidine rings is 1. The van der Waals surface area contributed by atoms with Gasteiger partial charge in [-0.3, -0.25) is 14.7 Å². The third-order valence-electron chi connectivity index (χ3n) is 4.35. The highest BCUT2D eigenvalue weighted by atomic mass is 16.2. The van der Waals surface area contributed by atoms with Crippen molar-refractivity contribution in [3.8, 4) is 0 Å². The molecule has 0 spiro atoms. The molecule has 1 aliphatic rings. The molecule has 9 heteroatoms. The minimum Gasteiger partial charge on any atom is -0.350 e. The Labute approximate surface area is 145 Å². The van der Waals surface area contributed by atoms with Gasteiger partial charge in [-0.05, 0) is 39.2 Å². The molecule has 2 aromatic heterocycles. The van der Waals surface area contributed by atoms with E-state index in [1.807, 2.05) is 13.8 Å². The van der Waals surface area contributed by atoms with Gasteiger partial charge < -0.3 is 10.2 Å². The van der Waals surface area contributed by atoms with Gasteiger partial charge in [0.1, 0.15) is 12.1 Å². The highest BCUT2D eigenvalue weighted by Crippen LogP contribution is 2.22. The van der Waals surface area contributed by atoms with Crippen LogP contribution in [0.2, 0.25) is 0 Å². The fraction of sp³-hybridized carbons (Fsp3) is 0.562. The molecule has 0 aromatic carbocycles. The Hall–Kier alpha value is -2.71. The second kappa shape index (κ2) is 7.45. The minimum absolute atomic E-state index is 0.00171. The number of nitrogens with one attached hydrogen (secondary N) is 2. The van der Waals surface area contributed by atoms with E-state index in [4.69, 9.17) is 0 Å². The number of anilines is 1. The Morgan fingerprint density at radius 3 is 2.96 bits per heavy atom. The minimum atomic E-state index is -0.275. The van der Waals surface area contributed by atoms with Gasteiger partial charge in [0.15, 0.2) is 0 Å². The second-order valence-corrected chi connectivity index (χ2v) is 6.46. The maximum Gasteiger partial charge on any atom is 0.288 e. The van der Waals surface area contributed by atoms with Crippen LogP contribution in [0.5, 0.6) is 0 Å². The Kier molecular flexibility index (Phi) is 5.11. The summed E-state index contributed by atoms with van der Waals surface area (Å²) in [5.41, 5.74) is -0.106. The molecule has 3 heterocycles. The van der Waals surface area contributed by atoms with Gasteiger partial charge in [-0.2, -0.15) is 10.2 Å². The van der Waals surface area contributed by atoms with Gasteiger partial charge in [0.25, 0.3) is 11.5 Å². The number of carbonyl (C=O) groups is 1. The molecule has 1 atom stereocenters. The Morgan fingerprint density at radius 2 is 2.24 bits per heavy atom. The van der Waals surface area contributed by atoms with Crippen molar-refractivity contribution in [2.75, 3.05) is 18.0 Å². The third-order valence-corrected chi connectivity index (χ3v) is 4.35. The van der Waals surface area contributed by atoms with E-state index in [9.17, 15) is 9.59 Å². The van der Waals surface area contributed by atoms with E-state index in [0.717, 1.165) is 31.6 Å². The molecule has 1 amide bonds. The third kappa shape index (κ3) is 3.86. The Bertz CT molecular complexity index is 769. The maximum absolute atomic E-state index is 12.1. The summed E-state index contributed by atoms with van der Waals surface area (Å²) < 4.78 is 1.49. The highest BCUT2D eigenvalue weighted by Gasteiger charge is 2.25. The average molecular weight is 345 g/mol. The molecule has 134 valence electrons. The van der Waals surface area contributed by atoms with E-state index in [1.165, 1.54) is 11.0 Å². The van der Waals surface area contributed by atoms with Crippen LogP contribution in [0, 0.1) is 0 Å². The monoisotopic (exact) mass is 345 g/mol. The molecule has 1 unspecified atom stereocenters. The van der Waals surface area contributed by atoms with Crippen LogP contribution < -0.4 is 15.8 Å². The van der Waals surface area contributed by atoms with Gasteiger partial charge in [0.2, 0.25) is 5.82 Å². The zero-order chi connectivity index (χ0) is 17.8. The van der Waals surface area contributed by atoms with E-state index in [1.54, 1.807) is 12.1 Å². The van der Waals surface area contributed by atoms with Gasteiger partial charge in [-0.25, -0.2) is 9.67 Å². The van der Waals surface area contributed by atoms with Crippen molar-refractivity contribution in [3.63, 3.8) is 0 Å². The van der Waals surface area contributed by atoms with Crippen molar-refractivity contribution in [2.24, 2.45) is 0 Å². The normalized spacial score (nSPS) is 17.7. The number of nitrogens with zero attached hydrogens (tertiary/aromatic N) is 5. The van der Waals surface area contributed by atoms with Crippen LogP contribution in [0.3, 0.4) is 0 Å². The lowest BCUT2D eigenvalue weighted by atomic mass is 10.0. The fourth-order valence-corrected chi connectivity index (χ4v) is 3.06. The summed E-state index contributed by atoms with van der Waals surface area (Å²) in [7, 11) is 0. The Morgan fingerprint density at radius 1 is 1.40 bits per heavy atom. The van der Waals surface area contributed by atoms with Crippen molar-refractivity contribution >= 4 is 11.7 Å². The standard InChI is InChI=1S/C16H23N7O2/c1-11(2)23-14(24)7-6-13(21-23)22-8-4-3-5-12(22)9-17-16(25)15-18-10-19-20-15/h6-7,10-12H,3-5,8-9H2,1-2H3,(H,17,25)(H,18,19,20). The molecule has 25 heavy (non-hydrogen) atoms. The number of H-pyrrole nitrogens is 1. The molecule has 1 aliphatic heterocycles. The van der Waals surface area contributed by atoms with Crippen LogP contribution >= 0.6 is 0 Å². The van der Waals surface area contributed by atoms with Crippen molar-refractivity contribution in [1.82, 2.24) is 30.3 Å². The van der Waals surface area contributed by atoms with E-state index < -0.39 is 0 Å². The zero-order valence-corrected chi connectivity index (χ0v) is 14.5. The summed E-state index contributed by atoms with van der Waals surface area (Å²) in [6.45, 7) is 5.21. The van der Waals surface area contributed by atoms with E-state index in [-0.39, 0.29) is 29.4 Å². The number of rotatable bonds is 5. The number of aromatic nitrogens is 5. The van der Waals surface area contributed by atoms with Crippen molar-refractivity contribution in [2.45, 2.75) is 45.2 Å². The van der Waals surface area contributed by atoms with Crippen LogP contribution in [-0.2, 0) is 0 Å². The van der Waals surface area contributed by atoms with Crippen LogP contribution in [-0.4, -0.2) is 50.0 Å². The first-order valence-corrected chi connectivity index (χ1v) is 8.56. The second-order valence-electron chi connectivity index (χ2n) is 6.46. The number of hydrogen-bond donors (Lipinski definition) is 2. The smallest absolute Gasteiger partial charge is 0.288 e. The molecule has 2 aromatic rings. The molecule has 9 nitrogen and oxygen atoms in total. The lowest BCUT2D eigenvalue weighted by Crippen LogP contribution is -2.48. The first kappa shape index (κ1) is 17.1. The quantitative estimate of drug-likeness (QED) is 0.827. The first-order chi connectivity index (χ1) is 12.1. The first-order valence-electron chi connectivity index (χ1n) is 8.56. The molecule has 0 saturated carbocycles. The van der Waals surface area contributed by atoms with Crippen LogP contribution in [0.15, 0.2) is 23.3 Å². The molecule has 1 saturated heterocycles. The largest absolute Gasteiger partial charge is 0.350 e. The fourth-order valence-electron chi connectivity index (χ4n) is 3.06. The predicted octanol–water partition coefficient (Wildman–Crippen LogP) is 0.731. The molecule has 1 fully saturated rings. The van der Waals surface area contributed by atoms with Gasteiger partial charge in [-0.15, -0.1) is 0 Å². The van der Waals surface area contributed by atoms with Crippen LogP contribution in [0.4, 0.5) is 5.82 Å². The van der Waals surface area contributed by atoms with Crippen LogP contribution in [0.25, 0.3) is 0 Å². The molecule has 3 rings (SSSR count). The molecular formula is C16H23N7O2. The maximum atomic E-state index is 12.1. The molecule has 2 N–H and O–H groups in total. The molecule has 0 bridgehead atoms.